The summed E-state index contributed by atoms with van der Waals surface area (Å²) in [6.07, 6.45) is 2.65. The number of fused-ring (bicyclic) bond motifs is 1. The Morgan fingerprint density at radius 2 is 1.92 bits per heavy atom. The zero-order chi connectivity index (χ0) is 8.55. The van der Waals surface area contributed by atoms with Crippen LogP contribution in [0.15, 0.2) is 24.3 Å². The average Bonchev–Trinajstić information content (AvgIpc) is 2.47. The van der Waals surface area contributed by atoms with E-state index in [2.05, 4.69) is 38.1 Å². The van der Waals surface area contributed by atoms with E-state index in [1.54, 1.807) is 11.1 Å². The molecule has 0 aromatic heterocycles. The van der Waals surface area contributed by atoms with Crippen molar-refractivity contribution in [2.75, 3.05) is 0 Å². The van der Waals surface area contributed by atoms with Crippen LogP contribution in [0.2, 0.25) is 0 Å². The molecular weight excluding hydrogens is 176 g/mol. The van der Waals surface area contributed by atoms with Gasteiger partial charge in [0.2, 0.25) is 0 Å². The molecule has 1 aliphatic rings. The predicted octanol–water partition coefficient (Wildman–Crippen LogP) is 3.49. The number of rotatable bonds is 1. The van der Waals surface area contributed by atoms with Crippen LogP contribution in [-0.4, -0.2) is 0 Å². The first-order valence-corrected chi connectivity index (χ1v) is 4.87. The molecule has 0 saturated carbocycles. The van der Waals surface area contributed by atoms with E-state index in [0.717, 1.165) is 11.8 Å². The first-order valence-electron chi connectivity index (χ1n) is 4.87. The highest BCUT2D eigenvalue weighted by molar-refractivity contribution is 7.59. The fraction of sp³-hybridized carbons (Fsp3) is 0.500. The van der Waals surface area contributed by atoms with Gasteiger partial charge in [-0.3, -0.25) is 0 Å². The highest BCUT2D eigenvalue weighted by Gasteiger charge is 2.23. The van der Waals surface area contributed by atoms with Crippen molar-refractivity contribution in [3.63, 3.8) is 0 Å². The topological polar surface area (TPSA) is 0 Å². The van der Waals surface area contributed by atoms with Gasteiger partial charge >= 0.3 is 0 Å². The summed E-state index contributed by atoms with van der Waals surface area (Å²) in [5, 5.41) is 0. The summed E-state index contributed by atoms with van der Waals surface area (Å²) >= 11 is 0. The molecule has 0 N–H and O–H groups in total. The van der Waals surface area contributed by atoms with Crippen LogP contribution in [0.25, 0.3) is 0 Å². The van der Waals surface area contributed by atoms with Crippen molar-refractivity contribution in [2.45, 2.75) is 32.6 Å². The lowest BCUT2D eigenvalue weighted by molar-refractivity contribution is 0.496. The molecule has 0 radical (unpaired) electrons. The molecule has 1 aliphatic carbocycles. The monoisotopic (exact) mass is 194 g/mol. The van der Waals surface area contributed by atoms with Crippen LogP contribution in [0, 0.1) is 5.92 Å². The summed E-state index contributed by atoms with van der Waals surface area (Å²) in [7, 11) is 0. The number of hydrogen-bond donors (Lipinski definition) is 0. The maximum absolute atomic E-state index is 2.33. The van der Waals surface area contributed by atoms with Crippen LogP contribution in [0.1, 0.15) is 37.3 Å². The molecule has 1 aromatic rings. The summed E-state index contributed by atoms with van der Waals surface area (Å²) in [6, 6.07) is 8.89. The van der Waals surface area contributed by atoms with Gasteiger partial charge in [-0.25, -0.2) is 0 Å². The Morgan fingerprint density at radius 1 is 1.23 bits per heavy atom. The van der Waals surface area contributed by atoms with Gasteiger partial charge in [0.1, 0.15) is 0 Å². The lowest BCUT2D eigenvalue weighted by Crippen LogP contribution is -2.01. The molecule has 1 heteroatoms. The number of aryl methyl sites for hydroxylation is 1. The fourth-order valence-corrected chi connectivity index (χ4v) is 2.28. The van der Waals surface area contributed by atoms with Crippen molar-refractivity contribution < 1.29 is 0 Å². The summed E-state index contributed by atoms with van der Waals surface area (Å²) in [5.41, 5.74) is 3.18. The normalized spacial score (nSPS) is 19.8. The van der Waals surface area contributed by atoms with E-state index in [9.17, 15) is 0 Å². The minimum Gasteiger partial charge on any atom is -0.197 e. The molecule has 1 aromatic carbocycles. The van der Waals surface area contributed by atoms with Crippen molar-refractivity contribution >= 4 is 13.5 Å². The summed E-state index contributed by atoms with van der Waals surface area (Å²) in [6.45, 7) is 4.65. The van der Waals surface area contributed by atoms with E-state index in [0.29, 0.717) is 0 Å². The van der Waals surface area contributed by atoms with Crippen LogP contribution >= 0.6 is 13.5 Å². The molecule has 1 atom stereocenters. The molecule has 0 spiro atoms. The Bertz CT molecular complexity index is 278. The zero-order valence-corrected chi connectivity index (χ0v) is 9.38. The van der Waals surface area contributed by atoms with Crippen molar-refractivity contribution in [3.8, 4) is 0 Å². The van der Waals surface area contributed by atoms with E-state index in [4.69, 9.17) is 0 Å². The molecule has 0 amide bonds. The standard InChI is InChI=1S/C12H16.H2S/c1-9(2)11-8-7-10-5-3-4-6-12(10)11;/h3-6,9,11H,7-8H2,1-2H3;1H2. The molecular formula is C12H18S. The quantitative estimate of drug-likeness (QED) is 0.642. The maximum Gasteiger partial charge on any atom is -0.0133 e. The molecule has 1 unspecified atom stereocenters. The van der Waals surface area contributed by atoms with E-state index in [1.807, 2.05) is 0 Å². The lowest BCUT2D eigenvalue weighted by atomic mass is 9.90. The van der Waals surface area contributed by atoms with Crippen LogP contribution < -0.4 is 0 Å². The molecule has 13 heavy (non-hydrogen) atoms. The van der Waals surface area contributed by atoms with Crippen LogP contribution in [0.5, 0.6) is 0 Å². The largest absolute Gasteiger partial charge is 0.197 e. The van der Waals surface area contributed by atoms with E-state index < -0.39 is 0 Å². The lowest BCUT2D eigenvalue weighted by Gasteiger charge is -2.14. The minimum absolute atomic E-state index is 0. The molecule has 0 heterocycles. The second kappa shape index (κ2) is 4.19. The Balaban J connectivity index is 0.000000845. The first-order chi connectivity index (χ1) is 5.79. The van der Waals surface area contributed by atoms with Crippen molar-refractivity contribution in [1.29, 1.82) is 0 Å². The van der Waals surface area contributed by atoms with Gasteiger partial charge in [0.25, 0.3) is 0 Å². The molecule has 0 nitrogen and oxygen atoms in total. The number of benzene rings is 1. The number of hydrogen-bond acceptors (Lipinski definition) is 0. The minimum atomic E-state index is 0. The van der Waals surface area contributed by atoms with E-state index in [-0.39, 0.29) is 13.5 Å². The van der Waals surface area contributed by atoms with Crippen LogP contribution in [0.3, 0.4) is 0 Å². The smallest absolute Gasteiger partial charge is 0.0133 e. The molecule has 0 bridgehead atoms. The Morgan fingerprint density at radius 3 is 2.62 bits per heavy atom. The molecule has 0 aliphatic heterocycles. The third kappa shape index (κ3) is 1.91. The molecule has 0 saturated heterocycles. The first kappa shape index (κ1) is 10.6. The van der Waals surface area contributed by atoms with Crippen molar-refractivity contribution in [2.24, 2.45) is 5.92 Å². The van der Waals surface area contributed by atoms with Gasteiger partial charge in [-0.2, -0.15) is 13.5 Å². The average molecular weight is 194 g/mol. The summed E-state index contributed by atoms with van der Waals surface area (Å²) in [5.74, 6) is 1.62. The summed E-state index contributed by atoms with van der Waals surface area (Å²) in [4.78, 5) is 0. The van der Waals surface area contributed by atoms with Gasteiger partial charge in [-0.1, -0.05) is 38.1 Å². The van der Waals surface area contributed by atoms with E-state index in [1.165, 1.54) is 12.8 Å². The second-order valence-electron chi connectivity index (χ2n) is 4.09. The van der Waals surface area contributed by atoms with Crippen molar-refractivity contribution in [1.82, 2.24) is 0 Å². The van der Waals surface area contributed by atoms with Gasteiger partial charge in [-0.05, 0) is 35.8 Å². The third-order valence-corrected chi connectivity index (χ3v) is 2.98. The summed E-state index contributed by atoms with van der Waals surface area (Å²) < 4.78 is 0. The second-order valence-corrected chi connectivity index (χ2v) is 4.09. The zero-order valence-electron chi connectivity index (χ0n) is 8.38. The SMILES string of the molecule is CC(C)C1CCc2ccccc21.S. The van der Waals surface area contributed by atoms with E-state index >= 15 is 0 Å². The van der Waals surface area contributed by atoms with Gasteiger partial charge in [0.05, 0.1) is 0 Å². The molecule has 2 rings (SSSR count). The molecule has 72 valence electrons. The predicted molar refractivity (Wildman–Crippen MR) is 62.7 cm³/mol. The van der Waals surface area contributed by atoms with Gasteiger partial charge in [-0.15, -0.1) is 0 Å². The highest BCUT2D eigenvalue weighted by Crippen LogP contribution is 2.37. The van der Waals surface area contributed by atoms with Gasteiger partial charge in [0, 0.05) is 0 Å². The Hall–Kier alpha value is -0.430. The molecule has 0 fully saturated rings. The van der Waals surface area contributed by atoms with Crippen LogP contribution in [0.4, 0.5) is 0 Å². The maximum atomic E-state index is 2.33. The Kier molecular flexibility index (Phi) is 3.43. The van der Waals surface area contributed by atoms with Crippen LogP contribution in [-0.2, 0) is 6.42 Å². The Labute approximate surface area is 87.8 Å². The highest BCUT2D eigenvalue weighted by atomic mass is 32.1. The van der Waals surface area contributed by atoms with Gasteiger partial charge < -0.3 is 0 Å². The fourth-order valence-electron chi connectivity index (χ4n) is 2.28. The van der Waals surface area contributed by atoms with Gasteiger partial charge in [0.15, 0.2) is 0 Å². The third-order valence-electron chi connectivity index (χ3n) is 2.98. The van der Waals surface area contributed by atoms with Crippen molar-refractivity contribution in [3.05, 3.63) is 35.4 Å².